The van der Waals surface area contributed by atoms with Crippen LogP contribution in [0, 0.1) is 5.92 Å². The van der Waals surface area contributed by atoms with Crippen LogP contribution in [0.15, 0.2) is 0 Å². The Bertz CT molecular complexity index is 209. The van der Waals surface area contributed by atoms with E-state index in [4.69, 9.17) is 9.84 Å². The van der Waals surface area contributed by atoms with Gasteiger partial charge < -0.3 is 20.5 Å². The summed E-state index contributed by atoms with van der Waals surface area (Å²) < 4.78 is 5.26. The summed E-state index contributed by atoms with van der Waals surface area (Å²) in [5.41, 5.74) is 0. The van der Waals surface area contributed by atoms with Gasteiger partial charge in [0.15, 0.2) is 0 Å². The van der Waals surface area contributed by atoms with E-state index in [2.05, 4.69) is 10.6 Å². The van der Waals surface area contributed by atoms with Gasteiger partial charge in [-0.05, 0) is 13.5 Å². The predicted octanol–water partition coefficient (Wildman–Crippen LogP) is -0.892. The molecule has 0 spiro atoms. The number of nitrogens with one attached hydrogen (secondary N) is 2. The van der Waals surface area contributed by atoms with Crippen LogP contribution in [0.4, 0.5) is 0 Å². The second-order valence-corrected chi connectivity index (χ2v) is 3.90. The standard InChI is InChI=1S/C10H20N2O3/c1-3-11-9-6-15-5-8(9)10(14)12-4-7(2)13/h7-9,11,13H,3-6H2,1-2H3,(H,12,14). The van der Waals surface area contributed by atoms with Crippen LogP contribution in [0.3, 0.4) is 0 Å². The smallest absolute Gasteiger partial charge is 0.227 e. The average Bonchev–Trinajstić information content (AvgIpc) is 2.63. The summed E-state index contributed by atoms with van der Waals surface area (Å²) in [6.07, 6.45) is -0.506. The van der Waals surface area contributed by atoms with E-state index in [9.17, 15) is 4.79 Å². The van der Waals surface area contributed by atoms with Crippen LogP contribution in [0.2, 0.25) is 0 Å². The summed E-state index contributed by atoms with van der Waals surface area (Å²) in [6.45, 7) is 5.82. The number of aliphatic hydroxyl groups excluding tert-OH is 1. The molecule has 0 bridgehead atoms. The molecular weight excluding hydrogens is 196 g/mol. The van der Waals surface area contributed by atoms with Crippen LogP contribution >= 0.6 is 0 Å². The summed E-state index contributed by atoms with van der Waals surface area (Å²) in [6, 6.07) is 0.101. The van der Waals surface area contributed by atoms with E-state index < -0.39 is 6.10 Å². The number of ether oxygens (including phenoxy) is 1. The predicted molar refractivity (Wildman–Crippen MR) is 56.5 cm³/mol. The molecule has 0 aliphatic carbocycles. The van der Waals surface area contributed by atoms with Crippen molar-refractivity contribution in [2.24, 2.45) is 5.92 Å². The molecule has 0 radical (unpaired) electrons. The first kappa shape index (κ1) is 12.4. The highest BCUT2D eigenvalue weighted by atomic mass is 16.5. The fraction of sp³-hybridized carbons (Fsp3) is 0.900. The molecule has 1 amide bonds. The second kappa shape index (κ2) is 6.05. The first-order chi connectivity index (χ1) is 7.15. The number of likely N-dealkylation sites (N-methyl/N-ethyl adjacent to an activating group) is 1. The summed E-state index contributed by atoms with van der Waals surface area (Å²) in [7, 11) is 0. The maximum absolute atomic E-state index is 11.7. The van der Waals surface area contributed by atoms with E-state index in [0.29, 0.717) is 19.8 Å². The van der Waals surface area contributed by atoms with Crippen molar-refractivity contribution in [1.82, 2.24) is 10.6 Å². The molecule has 1 saturated heterocycles. The lowest BCUT2D eigenvalue weighted by molar-refractivity contribution is -0.125. The van der Waals surface area contributed by atoms with E-state index >= 15 is 0 Å². The van der Waals surface area contributed by atoms with Crippen molar-refractivity contribution in [3.05, 3.63) is 0 Å². The van der Waals surface area contributed by atoms with Crippen LogP contribution in [0.1, 0.15) is 13.8 Å². The molecular formula is C10H20N2O3. The lowest BCUT2D eigenvalue weighted by Crippen LogP contribution is -2.45. The Labute approximate surface area is 90.2 Å². The van der Waals surface area contributed by atoms with Gasteiger partial charge in [0.05, 0.1) is 25.2 Å². The van der Waals surface area contributed by atoms with Crippen LogP contribution < -0.4 is 10.6 Å². The van der Waals surface area contributed by atoms with Crippen molar-refractivity contribution in [1.29, 1.82) is 0 Å². The quantitative estimate of drug-likeness (QED) is 0.557. The lowest BCUT2D eigenvalue weighted by atomic mass is 10.0. The van der Waals surface area contributed by atoms with E-state index in [-0.39, 0.29) is 17.9 Å². The number of hydrogen-bond acceptors (Lipinski definition) is 4. The van der Waals surface area contributed by atoms with Gasteiger partial charge in [0.25, 0.3) is 0 Å². The summed E-state index contributed by atoms with van der Waals surface area (Å²) >= 11 is 0. The van der Waals surface area contributed by atoms with Gasteiger partial charge in [-0.15, -0.1) is 0 Å². The summed E-state index contributed by atoms with van der Waals surface area (Å²) in [5.74, 6) is -0.178. The molecule has 1 aliphatic rings. The fourth-order valence-corrected chi connectivity index (χ4v) is 1.66. The molecule has 0 saturated carbocycles. The molecule has 3 unspecified atom stereocenters. The van der Waals surface area contributed by atoms with Crippen LogP contribution in [0.25, 0.3) is 0 Å². The van der Waals surface area contributed by atoms with Gasteiger partial charge in [0, 0.05) is 12.6 Å². The zero-order valence-corrected chi connectivity index (χ0v) is 9.32. The number of hydrogen-bond donors (Lipinski definition) is 3. The highest BCUT2D eigenvalue weighted by Gasteiger charge is 2.33. The second-order valence-electron chi connectivity index (χ2n) is 3.90. The van der Waals surface area contributed by atoms with Crippen LogP contribution in [0.5, 0.6) is 0 Å². The van der Waals surface area contributed by atoms with Gasteiger partial charge in [-0.25, -0.2) is 0 Å². The Balaban J connectivity index is 2.36. The van der Waals surface area contributed by atoms with Gasteiger partial charge in [-0.3, -0.25) is 4.79 Å². The van der Waals surface area contributed by atoms with Gasteiger partial charge in [-0.2, -0.15) is 0 Å². The van der Waals surface area contributed by atoms with Crippen molar-refractivity contribution >= 4 is 5.91 Å². The zero-order valence-electron chi connectivity index (χ0n) is 9.32. The maximum Gasteiger partial charge on any atom is 0.227 e. The molecule has 0 aromatic heterocycles. The minimum Gasteiger partial charge on any atom is -0.392 e. The fourth-order valence-electron chi connectivity index (χ4n) is 1.66. The SMILES string of the molecule is CCNC1COCC1C(=O)NCC(C)O. The van der Waals surface area contributed by atoms with Crippen molar-refractivity contribution in [3.63, 3.8) is 0 Å². The molecule has 15 heavy (non-hydrogen) atoms. The average molecular weight is 216 g/mol. The number of amides is 1. The highest BCUT2D eigenvalue weighted by molar-refractivity contribution is 5.79. The number of carbonyl (C=O) groups is 1. The Morgan fingerprint density at radius 1 is 1.60 bits per heavy atom. The minimum atomic E-state index is -0.506. The molecule has 1 rings (SSSR count). The van der Waals surface area contributed by atoms with E-state index in [0.717, 1.165) is 6.54 Å². The molecule has 5 nitrogen and oxygen atoms in total. The van der Waals surface area contributed by atoms with Crippen LogP contribution in [-0.4, -0.2) is 49.5 Å². The van der Waals surface area contributed by atoms with Crippen molar-refractivity contribution in [2.45, 2.75) is 26.0 Å². The Kier molecular flexibility index (Phi) is 5.01. The Morgan fingerprint density at radius 3 is 2.93 bits per heavy atom. The first-order valence-corrected chi connectivity index (χ1v) is 5.42. The van der Waals surface area contributed by atoms with E-state index in [1.807, 2.05) is 6.92 Å². The van der Waals surface area contributed by atoms with Gasteiger partial charge in [0.1, 0.15) is 0 Å². The molecule has 5 heteroatoms. The zero-order chi connectivity index (χ0) is 11.3. The molecule has 1 aliphatic heterocycles. The maximum atomic E-state index is 11.7. The largest absolute Gasteiger partial charge is 0.392 e. The van der Waals surface area contributed by atoms with Crippen molar-refractivity contribution < 1.29 is 14.6 Å². The number of rotatable bonds is 5. The van der Waals surface area contributed by atoms with E-state index in [1.54, 1.807) is 6.92 Å². The third kappa shape index (κ3) is 3.77. The van der Waals surface area contributed by atoms with E-state index in [1.165, 1.54) is 0 Å². The monoisotopic (exact) mass is 216 g/mol. The van der Waals surface area contributed by atoms with Crippen LogP contribution in [-0.2, 0) is 9.53 Å². The molecule has 3 N–H and O–H groups in total. The molecule has 0 aromatic rings. The van der Waals surface area contributed by atoms with Gasteiger partial charge in [-0.1, -0.05) is 6.92 Å². The number of carbonyl (C=O) groups excluding carboxylic acids is 1. The Morgan fingerprint density at radius 2 is 2.33 bits per heavy atom. The third-order valence-corrected chi connectivity index (χ3v) is 2.46. The number of aliphatic hydroxyl groups is 1. The van der Waals surface area contributed by atoms with Gasteiger partial charge >= 0.3 is 0 Å². The molecule has 3 atom stereocenters. The molecule has 88 valence electrons. The normalized spacial score (nSPS) is 27.7. The molecule has 1 fully saturated rings. The minimum absolute atomic E-state index is 0.0423. The van der Waals surface area contributed by atoms with Crippen molar-refractivity contribution in [2.75, 3.05) is 26.3 Å². The Hall–Kier alpha value is -0.650. The third-order valence-electron chi connectivity index (χ3n) is 2.46. The summed E-state index contributed by atoms with van der Waals surface area (Å²) in [4.78, 5) is 11.7. The van der Waals surface area contributed by atoms with Crippen molar-refractivity contribution in [3.8, 4) is 0 Å². The van der Waals surface area contributed by atoms with Gasteiger partial charge in [0.2, 0.25) is 5.91 Å². The summed E-state index contributed by atoms with van der Waals surface area (Å²) in [5, 5.41) is 15.0. The topological polar surface area (TPSA) is 70.6 Å². The highest BCUT2D eigenvalue weighted by Crippen LogP contribution is 2.13. The first-order valence-electron chi connectivity index (χ1n) is 5.42. The molecule has 1 heterocycles. The molecule has 0 aromatic carbocycles. The lowest BCUT2D eigenvalue weighted by Gasteiger charge is -2.18.